The molecule has 4 aliphatic carbocycles. The van der Waals surface area contributed by atoms with E-state index in [1.54, 1.807) is 0 Å². The van der Waals surface area contributed by atoms with Gasteiger partial charge in [0.2, 0.25) is 0 Å². The quantitative estimate of drug-likeness (QED) is 0.601. The van der Waals surface area contributed by atoms with Crippen LogP contribution in [0.2, 0.25) is 0 Å². The maximum Gasteiger partial charge on any atom is 0.116 e. The third-order valence-electron chi connectivity index (χ3n) is 7.82. The lowest BCUT2D eigenvalue weighted by Gasteiger charge is -2.57. The van der Waals surface area contributed by atoms with Gasteiger partial charge in [0.1, 0.15) is 6.17 Å². The lowest BCUT2D eigenvalue weighted by atomic mass is 9.48. The fraction of sp³-hybridized carbons (Fsp3) is 0.789. The summed E-state index contributed by atoms with van der Waals surface area (Å²) < 4.78 is 14.4. The average molecular weight is 321 g/mol. The summed E-state index contributed by atoms with van der Waals surface area (Å²) in [6.45, 7) is 4.35. The number of aliphatic hydroxyl groups is 2. The highest BCUT2D eigenvalue weighted by Gasteiger charge is 2.62. The Morgan fingerprint density at radius 1 is 1.26 bits per heavy atom. The summed E-state index contributed by atoms with van der Waals surface area (Å²) in [5.41, 5.74) is 5.92. The van der Waals surface area contributed by atoms with E-state index in [1.807, 2.05) is 12.2 Å². The van der Waals surface area contributed by atoms with Crippen molar-refractivity contribution in [2.75, 3.05) is 0 Å². The van der Waals surface area contributed by atoms with Crippen molar-refractivity contribution in [1.82, 2.24) is 0 Å². The molecule has 4 aliphatic rings. The standard InChI is InChI=1S/C19H28FNO2/c1-18-5-3-11(22)7-10(18)8-15(23)16-12(18)4-6-19(2)13(16)9-14(20)17(19)21/h3,5,8,10-14,16-17,22-23H,4,6-7,9,21H2,1-2H3/t10?,11-,12+,13+,14+,16-,17-,18+,19+/m1/s1. The van der Waals surface area contributed by atoms with Crippen molar-refractivity contribution in [3.63, 3.8) is 0 Å². The van der Waals surface area contributed by atoms with Crippen molar-refractivity contribution in [2.45, 2.75) is 57.8 Å². The van der Waals surface area contributed by atoms with Gasteiger partial charge in [-0.2, -0.15) is 0 Å². The first kappa shape index (κ1) is 15.6. The minimum Gasteiger partial charge on any atom is -0.512 e. The number of hydrogen-bond donors (Lipinski definition) is 3. The van der Waals surface area contributed by atoms with E-state index in [1.165, 1.54) is 0 Å². The van der Waals surface area contributed by atoms with Gasteiger partial charge in [0.15, 0.2) is 0 Å². The maximum atomic E-state index is 14.4. The fourth-order valence-corrected chi connectivity index (χ4v) is 6.26. The van der Waals surface area contributed by atoms with Gasteiger partial charge in [-0.25, -0.2) is 4.39 Å². The molecule has 0 amide bonds. The zero-order chi connectivity index (χ0) is 16.6. The Labute approximate surface area is 137 Å². The molecular formula is C19H28FNO2. The van der Waals surface area contributed by atoms with Gasteiger partial charge >= 0.3 is 0 Å². The largest absolute Gasteiger partial charge is 0.512 e. The molecule has 4 heteroatoms. The first-order valence-corrected chi connectivity index (χ1v) is 8.95. The van der Waals surface area contributed by atoms with Crippen LogP contribution in [0.4, 0.5) is 4.39 Å². The zero-order valence-corrected chi connectivity index (χ0v) is 14.0. The summed E-state index contributed by atoms with van der Waals surface area (Å²) in [5, 5.41) is 20.7. The van der Waals surface area contributed by atoms with E-state index in [-0.39, 0.29) is 28.6 Å². The predicted octanol–water partition coefficient (Wildman–Crippen LogP) is 3.10. The molecule has 2 fully saturated rings. The Morgan fingerprint density at radius 3 is 2.74 bits per heavy atom. The molecule has 2 saturated carbocycles. The molecule has 0 aromatic carbocycles. The summed E-state index contributed by atoms with van der Waals surface area (Å²) in [7, 11) is 0. The fourth-order valence-electron chi connectivity index (χ4n) is 6.26. The minimum absolute atomic E-state index is 0.00157. The Bertz CT molecular complexity index is 576. The highest BCUT2D eigenvalue weighted by atomic mass is 19.1. The number of alkyl halides is 1. The molecule has 0 heterocycles. The molecule has 9 atom stereocenters. The first-order valence-electron chi connectivity index (χ1n) is 8.95. The summed E-state index contributed by atoms with van der Waals surface area (Å²) in [5.74, 6) is 0.987. The minimum atomic E-state index is -0.967. The molecule has 3 nitrogen and oxygen atoms in total. The van der Waals surface area contributed by atoms with E-state index in [9.17, 15) is 14.6 Å². The van der Waals surface area contributed by atoms with Crippen molar-refractivity contribution in [3.8, 4) is 0 Å². The van der Waals surface area contributed by atoms with E-state index in [0.29, 0.717) is 24.5 Å². The van der Waals surface area contributed by atoms with Crippen LogP contribution >= 0.6 is 0 Å². The smallest absolute Gasteiger partial charge is 0.116 e. The molecular weight excluding hydrogens is 293 g/mol. The molecule has 23 heavy (non-hydrogen) atoms. The van der Waals surface area contributed by atoms with Crippen LogP contribution in [-0.2, 0) is 0 Å². The molecule has 0 aromatic rings. The molecule has 4 N–H and O–H groups in total. The van der Waals surface area contributed by atoms with E-state index in [4.69, 9.17) is 5.73 Å². The summed E-state index contributed by atoms with van der Waals surface area (Å²) in [6, 6.07) is -0.421. The third kappa shape index (κ3) is 1.94. The summed E-state index contributed by atoms with van der Waals surface area (Å²) in [4.78, 5) is 0. The van der Waals surface area contributed by atoms with Crippen LogP contribution in [0.3, 0.4) is 0 Å². The molecule has 0 saturated heterocycles. The van der Waals surface area contributed by atoms with Crippen molar-refractivity contribution in [1.29, 1.82) is 0 Å². The number of nitrogens with two attached hydrogens (primary N) is 1. The van der Waals surface area contributed by atoms with E-state index >= 15 is 0 Å². The van der Waals surface area contributed by atoms with Gasteiger partial charge in [-0.05, 0) is 60.3 Å². The Hall–Kier alpha value is -0.870. The van der Waals surface area contributed by atoms with Crippen molar-refractivity contribution >= 4 is 0 Å². The number of fused-ring (bicyclic) bond motifs is 5. The molecule has 0 radical (unpaired) electrons. The molecule has 0 spiro atoms. The van der Waals surface area contributed by atoms with E-state index in [2.05, 4.69) is 19.9 Å². The number of aliphatic hydroxyl groups excluding tert-OH is 2. The van der Waals surface area contributed by atoms with Gasteiger partial charge in [-0.15, -0.1) is 0 Å². The van der Waals surface area contributed by atoms with Crippen LogP contribution in [0.25, 0.3) is 0 Å². The second kappa shape index (κ2) is 4.82. The van der Waals surface area contributed by atoms with Crippen LogP contribution in [0.1, 0.15) is 39.5 Å². The number of hydrogen-bond acceptors (Lipinski definition) is 3. The van der Waals surface area contributed by atoms with Gasteiger partial charge in [0, 0.05) is 12.0 Å². The molecule has 1 unspecified atom stereocenters. The summed E-state index contributed by atoms with van der Waals surface area (Å²) >= 11 is 0. The van der Waals surface area contributed by atoms with E-state index < -0.39 is 18.3 Å². The lowest BCUT2D eigenvalue weighted by molar-refractivity contribution is -0.0469. The Morgan fingerprint density at radius 2 is 2.00 bits per heavy atom. The van der Waals surface area contributed by atoms with Gasteiger partial charge in [0.05, 0.1) is 11.9 Å². The molecule has 0 aliphatic heterocycles. The molecule has 0 aromatic heterocycles. The molecule has 4 rings (SSSR count). The third-order valence-corrected chi connectivity index (χ3v) is 7.82. The topological polar surface area (TPSA) is 66.5 Å². The predicted molar refractivity (Wildman–Crippen MR) is 87.4 cm³/mol. The first-order chi connectivity index (χ1) is 10.8. The Kier molecular flexibility index (Phi) is 3.28. The van der Waals surface area contributed by atoms with Crippen LogP contribution in [0.15, 0.2) is 24.0 Å². The number of rotatable bonds is 0. The normalized spacial score (nSPS) is 58.1. The Balaban J connectivity index is 1.76. The SMILES string of the molecule is C[C@]12CC[C@H]3[C@@H](C(O)=CC4C[C@H](O)C=C[C@@]43C)[C@@H]1C[C@H](F)[C@H]2N. The van der Waals surface area contributed by atoms with Gasteiger partial charge in [-0.1, -0.05) is 26.0 Å². The summed E-state index contributed by atoms with van der Waals surface area (Å²) in [6.07, 6.45) is 7.60. The second-order valence-corrected chi connectivity index (χ2v) is 8.79. The maximum absolute atomic E-state index is 14.4. The monoisotopic (exact) mass is 321 g/mol. The van der Waals surface area contributed by atoms with Crippen molar-refractivity contribution < 1.29 is 14.6 Å². The van der Waals surface area contributed by atoms with Crippen molar-refractivity contribution in [2.24, 2.45) is 40.2 Å². The molecule has 128 valence electrons. The zero-order valence-electron chi connectivity index (χ0n) is 14.0. The van der Waals surface area contributed by atoms with Crippen LogP contribution < -0.4 is 5.73 Å². The van der Waals surface area contributed by atoms with Gasteiger partial charge < -0.3 is 15.9 Å². The van der Waals surface area contributed by atoms with Crippen LogP contribution in [0.5, 0.6) is 0 Å². The van der Waals surface area contributed by atoms with E-state index in [0.717, 1.165) is 12.8 Å². The van der Waals surface area contributed by atoms with Crippen LogP contribution in [-0.4, -0.2) is 28.5 Å². The van der Waals surface area contributed by atoms with Gasteiger partial charge in [-0.3, -0.25) is 0 Å². The highest BCUT2D eigenvalue weighted by Crippen LogP contribution is 2.64. The van der Waals surface area contributed by atoms with Crippen LogP contribution in [0, 0.1) is 34.5 Å². The second-order valence-electron chi connectivity index (χ2n) is 8.79. The molecule has 0 bridgehead atoms. The number of allylic oxidation sites excluding steroid dienone is 3. The number of halogens is 1. The lowest BCUT2D eigenvalue weighted by Crippen LogP contribution is -2.54. The van der Waals surface area contributed by atoms with Gasteiger partial charge in [0.25, 0.3) is 0 Å². The average Bonchev–Trinajstić information content (AvgIpc) is 2.73. The highest BCUT2D eigenvalue weighted by molar-refractivity contribution is 5.27. The van der Waals surface area contributed by atoms with Crippen molar-refractivity contribution in [3.05, 3.63) is 24.0 Å².